The highest BCUT2D eigenvalue weighted by atomic mass is 15.0. The molecule has 0 aliphatic rings. The fourth-order valence-electron chi connectivity index (χ4n) is 2.36. The molecule has 0 saturated carbocycles. The molecule has 0 spiro atoms. The molecule has 2 heteroatoms. The van der Waals surface area contributed by atoms with Gasteiger partial charge < -0.3 is 9.88 Å². The van der Waals surface area contributed by atoms with E-state index < -0.39 is 0 Å². The van der Waals surface area contributed by atoms with Gasteiger partial charge in [-0.2, -0.15) is 0 Å². The second-order valence-electron chi connectivity index (χ2n) is 6.46. The van der Waals surface area contributed by atoms with E-state index in [4.69, 9.17) is 0 Å². The van der Waals surface area contributed by atoms with Gasteiger partial charge >= 0.3 is 0 Å². The molecule has 0 aliphatic carbocycles. The average Bonchev–Trinajstić information content (AvgIpc) is 2.72. The van der Waals surface area contributed by atoms with Crippen molar-refractivity contribution in [2.75, 3.05) is 6.54 Å². The lowest BCUT2D eigenvalue weighted by Crippen LogP contribution is -2.11. The maximum absolute atomic E-state index is 3.43. The Labute approximate surface area is 116 Å². The van der Waals surface area contributed by atoms with Gasteiger partial charge in [0.1, 0.15) is 0 Å². The summed E-state index contributed by atoms with van der Waals surface area (Å²) >= 11 is 0. The number of aryl methyl sites for hydroxylation is 1. The summed E-state index contributed by atoms with van der Waals surface area (Å²) in [6.45, 7) is 12.1. The number of para-hydroxylation sites is 1. The SMILES string of the molecule is CCNCc1cn(CCC(C)(C)C)c2ccccc12. The molecule has 1 heterocycles. The van der Waals surface area contributed by atoms with Crippen molar-refractivity contribution >= 4 is 10.9 Å². The lowest BCUT2D eigenvalue weighted by atomic mass is 9.92. The molecule has 2 aromatic rings. The van der Waals surface area contributed by atoms with Crippen LogP contribution in [-0.4, -0.2) is 11.1 Å². The quantitative estimate of drug-likeness (QED) is 0.851. The zero-order valence-corrected chi connectivity index (χ0v) is 12.7. The fraction of sp³-hybridized carbons (Fsp3) is 0.529. The van der Waals surface area contributed by atoms with E-state index in [2.05, 4.69) is 68.0 Å². The number of hydrogen-bond donors (Lipinski definition) is 1. The fourth-order valence-corrected chi connectivity index (χ4v) is 2.36. The molecule has 0 bridgehead atoms. The average molecular weight is 258 g/mol. The van der Waals surface area contributed by atoms with E-state index in [9.17, 15) is 0 Å². The first-order valence-electron chi connectivity index (χ1n) is 7.29. The van der Waals surface area contributed by atoms with Crippen LogP contribution in [-0.2, 0) is 13.1 Å². The number of hydrogen-bond acceptors (Lipinski definition) is 1. The summed E-state index contributed by atoms with van der Waals surface area (Å²) in [5.41, 5.74) is 3.15. The number of rotatable bonds is 5. The Kier molecular flexibility index (Phi) is 4.31. The Morgan fingerprint density at radius 2 is 1.89 bits per heavy atom. The molecule has 19 heavy (non-hydrogen) atoms. The van der Waals surface area contributed by atoms with E-state index in [1.54, 1.807) is 0 Å². The molecule has 0 aliphatic heterocycles. The van der Waals surface area contributed by atoms with Gasteiger partial charge in [-0.15, -0.1) is 0 Å². The van der Waals surface area contributed by atoms with Gasteiger partial charge in [0.2, 0.25) is 0 Å². The third-order valence-corrected chi connectivity index (χ3v) is 3.54. The Morgan fingerprint density at radius 1 is 1.16 bits per heavy atom. The standard InChI is InChI=1S/C17H26N2/c1-5-18-12-14-13-19(11-10-17(2,3)4)16-9-7-6-8-15(14)16/h6-9,13,18H,5,10-12H2,1-4H3. The molecule has 1 aromatic heterocycles. The van der Waals surface area contributed by atoms with Gasteiger partial charge in [0.15, 0.2) is 0 Å². The largest absolute Gasteiger partial charge is 0.347 e. The summed E-state index contributed by atoms with van der Waals surface area (Å²) in [7, 11) is 0. The molecule has 0 saturated heterocycles. The first-order chi connectivity index (χ1) is 9.01. The predicted octanol–water partition coefficient (Wildman–Crippen LogP) is 4.19. The molecular formula is C17H26N2. The van der Waals surface area contributed by atoms with Crippen LogP contribution in [0.3, 0.4) is 0 Å². The van der Waals surface area contributed by atoms with Gasteiger partial charge in [0, 0.05) is 30.2 Å². The minimum absolute atomic E-state index is 0.382. The van der Waals surface area contributed by atoms with Crippen LogP contribution in [0.15, 0.2) is 30.5 Å². The number of aromatic nitrogens is 1. The van der Waals surface area contributed by atoms with E-state index >= 15 is 0 Å². The van der Waals surface area contributed by atoms with Crippen LogP contribution in [0.2, 0.25) is 0 Å². The van der Waals surface area contributed by atoms with Crippen molar-refractivity contribution in [2.45, 2.75) is 47.2 Å². The van der Waals surface area contributed by atoms with Crippen molar-refractivity contribution < 1.29 is 0 Å². The van der Waals surface area contributed by atoms with Crippen LogP contribution in [0.5, 0.6) is 0 Å². The van der Waals surface area contributed by atoms with Crippen LogP contribution < -0.4 is 5.32 Å². The molecule has 104 valence electrons. The van der Waals surface area contributed by atoms with Crippen molar-refractivity contribution in [1.82, 2.24) is 9.88 Å². The van der Waals surface area contributed by atoms with Gasteiger partial charge in [-0.1, -0.05) is 45.9 Å². The van der Waals surface area contributed by atoms with Gasteiger partial charge in [0.25, 0.3) is 0 Å². The van der Waals surface area contributed by atoms with Crippen molar-refractivity contribution in [3.8, 4) is 0 Å². The Bertz CT molecular complexity index is 532. The van der Waals surface area contributed by atoms with Crippen molar-refractivity contribution in [3.63, 3.8) is 0 Å². The monoisotopic (exact) mass is 258 g/mol. The molecule has 0 atom stereocenters. The smallest absolute Gasteiger partial charge is 0.0483 e. The highest BCUT2D eigenvalue weighted by molar-refractivity contribution is 5.83. The van der Waals surface area contributed by atoms with E-state index in [0.717, 1.165) is 19.6 Å². The van der Waals surface area contributed by atoms with Crippen LogP contribution in [0.1, 0.15) is 39.7 Å². The number of nitrogens with one attached hydrogen (secondary N) is 1. The van der Waals surface area contributed by atoms with Gasteiger partial charge in [-0.05, 0) is 30.0 Å². The lowest BCUT2D eigenvalue weighted by Gasteiger charge is -2.18. The summed E-state index contributed by atoms with van der Waals surface area (Å²) in [6.07, 6.45) is 3.52. The summed E-state index contributed by atoms with van der Waals surface area (Å²) < 4.78 is 2.41. The van der Waals surface area contributed by atoms with Crippen molar-refractivity contribution in [3.05, 3.63) is 36.0 Å². The number of nitrogens with zero attached hydrogens (tertiary/aromatic N) is 1. The molecule has 0 fully saturated rings. The van der Waals surface area contributed by atoms with Gasteiger partial charge in [-0.25, -0.2) is 0 Å². The number of fused-ring (bicyclic) bond motifs is 1. The Balaban J connectivity index is 2.28. The van der Waals surface area contributed by atoms with Crippen molar-refractivity contribution in [2.24, 2.45) is 5.41 Å². The normalized spacial score (nSPS) is 12.2. The first kappa shape index (κ1) is 14.1. The highest BCUT2D eigenvalue weighted by Gasteiger charge is 2.12. The minimum atomic E-state index is 0.382. The molecule has 0 amide bonds. The Hall–Kier alpha value is -1.28. The zero-order valence-electron chi connectivity index (χ0n) is 12.7. The summed E-state index contributed by atoms with van der Waals surface area (Å²) in [4.78, 5) is 0. The topological polar surface area (TPSA) is 17.0 Å². The maximum Gasteiger partial charge on any atom is 0.0483 e. The zero-order chi connectivity index (χ0) is 13.9. The van der Waals surface area contributed by atoms with Crippen LogP contribution in [0, 0.1) is 5.41 Å². The Morgan fingerprint density at radius 3 is 2.58 bits per heavy atom. The van der Waals surface area contributed by atoms with Crippen LogP contribution in [0.4, 0.5) is 0 Å². The predicted molar refractivity (Wildman–Crippen MR) is 83.4 cm³/mol. The van der Waals surface area contributed by atoms with Gasteiger partial charge in [-0.3, -0.25) is 0 Å². The molecular weight excluding hydrogens is 232 g/mol. The summed E-state index contributed by atoms with van der Waals surface area (Å²) in [5, 5.41) is 4.82. The third kappa shape index (κ3) is 3.60. The first-order valence-corrected chi connectivity index (χ1v) is 7.29. The highest BCUT2D eigenvalue weighted by Crippen LogP contribution is 2.25. The molecule has 0 unspecified atom stereocenters. The van der Waals surface area contributed by atoms with Gasteiger partial charge in [0.05, 0.1) is 0 Å². The van der Waals surface area contributed by atoms with E-state index in [1.807, 2.05) is 0 Å². The van der Waals surface area contributed by atoms with E-state index in [-0.39, 0.29) is 0 Å². The molecule has 0 radical (unpaired) electrons. The van der Waals surface area contributed by atoms with Crippen LogP contribution >= 0.6 is 0 Å². The summed E-state index contributed by atoms with van der Waals surface area (Å²) in [6, 6.07) is 8.72. The lowest BCUT2D eigenvalue weighted by molar-refractivity contribution is 0.353. The molecule has 1 N–H and O–H groups in total. The molecule has 2 nitrogen and oxygen atoms in total. The van der Waals surface area contributed by atoms with E-state index in [0.29, 0.717) is 5.41 Å². The van der Waals surface area contributed by atoms with Crippen molar-refractivity contribution in [1.29, 1.82) is 0 Å². The summed E-state index contributed by atoms with van der Waals surface area (Å²) in [5.74, 6) is 0. The molecule has 2 rings (SSSR count). The second-order valence-corrected chi connectivity index (χ2v) is 6.46. The van der Waals surface area contributed by atoms with E-state index in [1.165, 1.54) is 22.9 Å². The third-order valence-electron chi connectivity index (χ3n) is 3.54. The molecule has 1 aromatic carbocycles. The second kappa shape index (κ2) is 5.79. The minimum Gasteiger partial charge on any atom is -0.347 e. The maximum atomic E-state index is 3.43. The van der Waals surface area contributed by atoms with Crippen LogP contribution in [0.25, 0.3) is 10.9 Å². The number of benzene rings is 1.